The van der Waals surface area contributed by atoms with Crippen LogP contribution < -0.4 is 0 Å². The van der Waals surface area contributed by atoms with Gasteiger partial charge in [-0.1, -0.05) is 66.7 Å². The summed E-state index contributed by atoms with van der Waals surface area (Å²) in [5.41, 5.74) is 3.46. The summed E-state index contributed by atoms with van der Waals surface area (Å²) < 4.78 is 5.48. The van der Waals surface area contributed by atoms with E-state index in [9.17, 15) is 4.79 Å². The molecule has 6 heteroatoms. The van der Waals surface area contributed by atoms with Crippen molar-refractivity contribution in [1.82, 2.24) is 15.1 Å². The van der Waals surface area contributed by atoms with Gasteiger partial charge >= 0.3 is 0 Å². The lowest BCUT2D eigenvalue weighted by Crippen LogP contribution is -2.20. The molecule has 2 aromatic carbocycles. The van der Waals surface area contributed by atoms with Crippen LogP contribution in [0.3, 0.4) is 0 Å². The first-order valence-corrected chi connectivity index (χ1v) is 9.07. The summed E-state index contributed by atoms with van der Waals surface area (Å²) in [6.07, 6.45) is 2.55. The number of hydrogen-bond donors (Lipinski definition) is 0. The summed E-state index contributed by atoms with van der Waals surface area (Å²) in [5.74, 6) is 0.944. The number of rotatable bonds is 6. The van der Waals surface area contributed by atoms with Gasteiger partial charge in [0.05, 0.1) is 6.04 Å². The number of carbonyl (C=O) groups is 1. The van der Waals surface area contributed by atoms with E-state index in [0.29, 0.717) is 17.3 Å². The molecular weight excluding hydrogens is 340 g/mol. The van der Waals surface area contributed by atoms with Crippen LogP contribution in [0.15, 0.2) is 64.2 Å². The van der Waals surface area contributed by atoms with E-state index in [1.54, 1.807) is 12.1 Å². The molecule has 0 fully saturated rings. The van der Waals surface area contributed by atoms with Gasteiger partial charge in [-0.05, 0) is 12.0 Å². The first-order chi connectivity index (χ1) is 13.3. The first kappa shape index (κ1) is 17.1. The van der Waals surface area contributed by atoms with Gasteiger partial charge in [-0.3, -0.25) is 9.80 Å². The smallest absolute Gasteiger partial charge is 0.274 e. The van der Waals surface area contributed by atoms with Crippen LogP contribution in [0.1, 0.15) is 47.6 Å². The predicted octanol–water partition coefficient (Wildman–Crippen LogP) is 4.11. The Morgan fingerprint density at radius 2 is 1.93 bits per heavy atom. The van der Waals surface area contributed by atoms with Gasteiger partial charge in [0, 0.05) is 24.1 Å². The van der Waals surface area contributed by atoms with Crippen LogP contribution in [-0.4, -0.2) is 33.7 Å². The van der Waals surface area contributed by atoms with E-state index in [2.05, 4.69) is 34.2 Å². The lowest BCUT2D eigenvalue weighted by Gasteiger charge is -2.23. The highest BCUT2D eigenvalue weighted by Crippen LogP contribution is 2.32. The van der Waals surface area contributed by atoms with E-state index in [-0.39, 0.29) is 6.04 Å². The zero-order valence-corrected chi connectivity index (χ0v) is 15.1. The summed E-state index contributed by atoms with van der Waals surface area (Å²) in [4.78, 5) is 15.3. The fourth-order valence-corrected chi connectivity index (χ4v) is 3.25. The summed E-state index contributed by atoms with van der Waals surface area (Å²) in [6.45, 7) is 3.01. The Balaban J connectivity index is 1.58. The third-order valence-electron chi connectivity index (χ3n) is 4.61. The predicted molar refractivity (Wildman–Crippen MR) is 102 cm³/mol. The van der Waals surface area contributed by atoms with Crippen molar-refractivity contribution >= 4 is 12.0 Å². The van der Waals surface area contributed by atoms with Gasteiger partial charge in [0.25, 0.3) is 5.89 Å². The number of nitrogens with zero attached hydrogens (tertiary/aromatic N) is 4. The second-order valence-electron chi connectivity index (χ2n) is 6.50. The van der Waals surface area contributed by atoms with Crippen molar-refractivity contribution < 1.29 is 9.32 Å². The zero-order chi connectivity index (χ0) is 18.6. The van der Waals surface area contributed by atoms with Crippen LogP contribution in [0, 0.1) is 0 Å². The minimum atomic E-state index is 0.184. The van der Waals surface area contributed by atoms with E-state index in [1.807, 2.05) is 30.3 Å². The van der Waals surface area contributed by atoms with Gasteiger partial charge in [0.2, 0.25) is 5.82 Å². The SMILES string of the molecule is CCCN1N=C(c2nc(-c3ccc(C=O)cc3)no2)CC1c1ccccc1. The van der Waals surface area contributed by atoms with Gasteiger partial charge < -0.3 is 4.52 Å². The zero-order valence-electron chi connectivity index (χ0n) is 15.1. The first-order valence-electron chi connectivity index (χ1n) is 9.07. The van der Waals surface area contributed by atoms with E-state index in [1.165, 1.54) is 5.56 Å². The molecule has 2 heterocycles. The molecule has 4 rings (SSSR count). The Morgan fingerprint density at radius 1 is 1.15 bits per heavy atom. The van der Waals surface area contributed by atoms with Crippen LogP contribution >= 0.6 is 0 Å². The number of hydrazone groups is 1. The number of carbonyl (C=O) groups excluding carboxylic acids is 1. The maximum Gasteiger partial charge on any atom is 0.274 e. The molecule has 0 radical (unpaired) electrons. The molecular formula is C21H20N4O2. The van der Waals surface area contributed by atoms with Gasteiger partial charge in [0.15, 0.2) is 0 Å². The maximum atomic E-state index is 10.8. The highest BCUT2D eigenvalue weighted by atomic mass is 16.5. The number of aldehydes is 1. The molecule has 1 aliphatic heterocycles. The molecule has 1 atom stereocenters. The van der Waals surface area contributed by atoms with Gasteiger partial charge in [-0.2, -0.15) is 10.1 Å². The Hall–Kier alpha value is -3.28. The molecule has 0 N–H and O–H groups in total. The molecule has 6 nitrogen and oxygen atoms in total. The molecule has 1 unspecified atom stereocenters. The largest absolute Gasteiger partial charge is 0.332 e. The molecule has 1 aliphatic rings. The summed E-state index contributed by atoms with van der Waals surface area (Å²) in [6, 6.07) is 17.6. The quantitative estimate of drug-likeness (QED) is 0.619. The van der Waals surface area contributed by atoms with Crippen molar-refractivity contribution in [2.24, 2.45) is 5.10 Å². The minimum absolute atomic E-state index is 0.184. The molecule has 1 aromatic heterocycles. The Bertz CT molecular complexity index is 948. The second-order valence-corrected chi connectivity index (χ2v) is 6.50. The minimum Gasteiger partial charge on any atom is -0.332 e. The lowest BCUT2D eigenvalue weighted by atomic mass is 10.0. The molecule has 0 bridgehead atoms. The lowest BCUT2D eigenvalue weighted by molar-refractivity contribution is 0.112. The number of hydrogen-bond acceptors (Lipinski definition) is 6. The third kappa shape index (κ3) is 3.51. The second kappa shape index (κ2) is 7.53. The molecule has 136 valence electrons. The number of benzene rings is 2. The topological polar surface area (TPSA) is 71.6 Å². The highest BCUT2D eigenvalue weighted by molar-refractivity contribution is 5.98. The average Bonchev–Trinajstić information content (AvgIpc) is 3.36. The fraction of sp³-hybridized carbons (Fsp3) is 0.238. The van der Waals surface area contributed by atoms with Gasteiger partial charge in [-0.25, -0.2) is 0 Å². The van der Waals surface area contributed by atoms with Crippen molar-refractivity contribution in [2.45, 2.75) is 25.8 Å². The molecule has 0 saturated heterocycles. The van der Waals surface area contributed by atoms with Crippen LogP contribution in [0.2, 0.25) is 0 Å². The van der Waals surface area contributed by atoms with Crippen molar-refractivity contribution in [1.29, 1.82) is 0 Å². The molecule has 0 saturated carbocycles. The summed E-state index contributed by atoms with van der Waals surface area (Å²) >= 11 is 0. The Morgan fingerprint density at radius 3 is 2.63 bits per heavy atom. The van der Waals surface area contributed by atoms with E-state index in [4.69, 9.17) is 9.62 Å². The molecule has 3 aromatic rings. The normalized spacial score (nSPS) is 16.4. The summed E-state index contributed by atoms with van der Waals surface area (Å²) in [7, 11) is 0. The third-order valence-corrected chi connectivity index (χ3v) is 4.61. The molecule has 27 heavy (non-hydrogen) atoms. The van der Waals surface area contributed by atoms with Gasteiger partial charge in [-0.15, -0.1) is 0 Å². The van der Waals surface area contributed by atoms with Crippen molar-refractivity contribution in [2.75, 3.05) is 6.54 Å². The van der Waals surface area contributed by atoms with Crippen LogP contribution in [-0.2, 0) is 0 Å². The Kier molecular flexibility index (Phi) is 4.78. The van der Waals surface area contributed by atoms with E-state index >= 15 is 0 Å². The average molecular weight is 360 g/mol. The van der Waals surface area contributed by atoms with Crippen LogP contribution in [0.5, 0.6) is 0 Å². The fourth-order valence-electron chi connectivity index (χ4n) is 3.25. The summed E-state index contributed by atoms with van der Waals surface area (Å²) in [5, 5.41) is 10.9. The molecule has 0 amide bonds. The van der Waals surface area contributed by atoms with Crippen molar-refractivity contribution in [3.63, 3.8) is 0 Å². The van der Waals surface area contributed by atoms with Crippen molar-refractivity contribution in [3.8, 4) is 11.4 Å². The van der Waals surface area contributed by atoms with E-state index in [0.717, 1.165) is 36.9 Å². The molecule has 0 spiro atoms. The van der Waals surface area contributed by atoms with E-state index < -0.39 is 0 Å². The van der Waals surface area contributed by atoms with Crippen LogP contribution in [0.4, 0.5) is 0 Å². The maximum absolute atomic E-state index is 10.8. The molecule has 0 aliphatic carbocycles. The monoisotopic (exact) mass is 360 g/mol. The number of aromatic nitrogens is 2. The standard InChI is InChI=1S/C21H20N4O2/c1-2-12-25-19(16-6-4-3-5-7-16)13-18(23-25)21-22-20(24-27-21)17-10-8-15(14-26)9-11-17/h3-11,14,19H,2,12-13H2,1H3. The Labute approximate surface area is 157 Å². The van der Waals surface area contributed by atoms with Crippen molar-refractivity contribution in [3.05, 3.63) is 71.6 Å². The van der Waals surface area contributed by atoms with Crippen LogP contribution in [0.25, 0.3) is 11.4 Å². The van der Waals surface area contributed by atoms with Gasteiger partial charge in [0.1, 0.15) is 12.0 Å². The highest BCUT2D eigenvalue weighted by Gasteiger charge is 2.30.